The number of methoxy groups -OCH3 is 2. The largest absolute Gasteiger partial charge is 0.493 e. The lowest BCUT2D eigenvalue weighted by Crippen LogP contribution is -2.32. The first-order valence-electron chi connectivity index (χ1n) is 7.81. The number of hydrogen-bond donors (Lipinski definition) is 2. The lowest BCUT2D eigenvalue weighted by molar-refractivity contribution is 0.170. The van der Waals surface area contributed by atoms with Crippen LogP contribution in [0.15, 0.2) is 48.5 Å². The van der Waals surface area contributed by atoms with Crippen molar-refractivity contribution in [3.8, 4) is 11.5 Å². The maximum absolute atomic E-state index is 10.4. The lowest BCUT2D eigenvalue weighted by Gasteiger charge is -2.18. The normalized spacial score (nSPS) is 13.4. The molecule has 0 bridgehead atoms. The summed E-state index contributed by atoms with van der Waals surface area (Å²) >= 11 is 0. The average molecular weight is 315 g/mol. The monoisotopic (exact) mass is 315 g/mol. The van der Waals surface area contributed by atoms with Crippen LogP contribution in [-0.2, 0) is 6.42 Å². The van der Waals surface area contributed by atoms with Gasteiger partial charge in [-0.3, -0.25) is 0 Å². The highest BCUT2D eigenvalue weighted by Crippen LogP contribution is 2.29. The first-order chi connectivity index (χ1) is 11.1. The highest BCUT2D eigenvalue weighted by atomic mass is 16.5. The summed E-state index contributed by atoms with van der Waals surface area (Å²) in [5.41, 5.74) is 2.09. The molecule has 2 aromatic rings. The van der Waals surface area contributed by atoms with E-state index in [1.165, 1.54) is 5.56 Å². The van der Waals surface area contributed by atoms with Gasteiger partial charge in [0, 0.05) is 12.6 Å². The van der Waals surface area contributed by atoms with Gasteiger partial charge in [-0.2, -0.15) is 0 Å². The van der Waals surface area contributed by atoms with Gasteiger partial charge in [0.25, 0.3) is 0 Å². The highest BCUT2D eigenvalue weighted by Gasteiger charge is 2.13. The van der Waals surface area contributed by atoms with E-state index in [0.29, 0.717) is 18.0 Å². The van der Waals surface area contributed by atoms with Crippen molar-refractivity contribution >= 4 is 0 Å². The maximum atomic E-state index is 10.4. The molecule has 2 atom stereocenters. The zero-order valence-corrected chi connectivity index (χ0v) is 14.0. The SMILES string of the molecule is COc1ccc([C@@H](O)CN[C@H](C)Cc2ccccc2)cc1OC. The number of nitrogens with one attached hydrogen (secondary N) is 1. The van der Waals surface area contributed by atoms with E-state index in [2.05, 4.69) is 24.4 Å². The average Bonchev–Trinajstić information content (AvgIpc) is 2.59. The van der Waals surface area contributed by atoms with Gasteiger partial charge < -0.3 is 19.9 Å². The van der Waals surface area contributed by atoms with E-state index >= 15 is 0 Å². The summed E-state index contributed by atoms with van der Waals surface area (Å²) in [4.78, 5) is 0. The number of aliphatic hydroxyl groups excluding tert-OH is 1. The van der Waals surface area contributed by atoms with Crippen molar-refractivity contribution < 1.29 is 14.6 Å². The van der Waals surface area contributed by atoms with Crippen molar-refractivity contribution in [2.24, 2.45) is 0 Å². The Labute approximate surface area is 138 Å². The van der Waals surface area contributed by atoms with Gasteiger partial charge in [-0.15, -0.1) is 0 Å². The van der Waals surface area contributed by atoms with Crippen LogP contribution in [0.4, 0.5) is 0 Å². The minimum atomic E-state index is -0.590. The zero-order chi connectivity index (χ0) is 16.7. The Morgan fingerprint density at radius 1 is 1.00 bits per heavy atom. The van der Waals surface area contributed by atoms with E-state index in [4.69, 9.17) is 9.47 Å². The van der Waals surface area contributed by atoms with Crippen LogP contribution in [0.5, 0.6) is 11.5 Å². The summed E-state index contributed by atoms with van der Waals surface area (Å²) in [6.45, 7) is 2.61. The molecule has 0 unspecified atom stereocenters. The fourth-order valence-electron chi connectivity index (χ4n) is 2.53. The van der Waals surface area contributed by atoms with Crippen molar-refractivity contribution in [1.29, 1.82) is 0 Å². The minimum Gasteiger partial charge on any atom is -0.493 e. The van der Waals surface area contributed by atoms with E-state index in [9.17, 15) is 5.11 Å². The molecule has 2 rings (SSSR count). The van der Waals surface area contributed by atoms with Crippen molar-refractivity contribution in [3.63, 3.8) is 0 Å². The van der Waals surface area contributed by atoms with Crippen LogP contribution in [0.2, 0.25) is 0 Å². The Balaban J connectivity index is 1.90. The fourth-order valence-corrected chi connectivity index (χ4v) is 2.53. The summed E-state index contributed by atoms with van der Waals surface area (Å²) in [5, 5.41) is 13.7. The number of hydrogen-bond acceptors (Lipinski definition) is 4. The second kappa shape index (κ2) is 8.56. The lowest BCUT2D eigenvalue weighted by atomic mass is 10.1. The van der Waals surface area contributed by atoms with Gasteiger partial charge in [0.1, 0.15) is 0 Å². The van der Waals surface area contributed by atoms with E-state index in [1.807, 2.05) is 36.4 Å². The second-order valence-electron chi connectivity index (χ2n) is 5.63. The van der Waals surface area contributed by atoms with Gasteiger partial charge in [0.15, 0.2) is 11.5 Å². The maximum Gasteiger partial charge on any atom is 0.161 e. The van der Waals surface area contributed by atoms with Crippen molar-refractivity contribution in [2.45, 2.75) is 25.5 Å². The summed E-state index contributed by atoms with van der Waals surface area (Å²) in [6.07, 6.45) is 0.340. The molecule has 4 nitrogen and oxygen atoms in total. The smallest absolute Gasteiger partial charge is 0.161 e. The molecule has 0 saturated heterocycles. The van der Waals surface area contributed by atoms with Gasteiger partial charge in [-0.05, 0) is 36.6 Å². The molecule has 124 valence electrons. The van der Waals surface area contributed by atoms with Crippen LogP contribution in [0.3, 0.4) is 0 Å². The van der Waals surface area contributed by atoms with Crippen LogP contribution in [0.1, 0.15) is 24.2 Å². The minimum absolute atomic E-state index is 0.284. The Kier molecular flexibility index (Phi) is 6.44. The molecular formula is C19H25NO3. The van der Waals surface area contributed by atoms with Crippen LogP contribution < -0.4 is 14.8 Å². The molecule has 0 radical (unpaired) electrons. The molecule has 0 aromatic heterocycles. The van der Waals surface area contributed by atoms with Crippen molar-refractivity contribution in [3.05, 3.63) is 59.7 Å². The van der Waals surface area contributed by atoms with Crippen LogP contribution in [-0.4, -0.2) is 31.9 Å². The van der Waals surface area contributed by atoms with Crippen molar-refractivity contribution in [2.75, 3.05) is 20.8 Å². The van der Waals surface area contributed by atoms with Gasteiger partial charge in [-0.25, -0.2) is 0 Å². The molecule has 0 aliphatic heterocycles. The quantitative estimate of drug-likeness (QED) is 0.786. The van der Waals surface area contributed by atoms with E-state index in [1.54, 1.807) is 14.2 Å². The number of benzene rings is 2. The first-order valence-corrected chi connectivity index (χ1v) is 7.81. The summed E-state index contributed by atoms with van der Waals surface area (Å²) in [5.74, 6) is 1.29. The Hall–Kier alpha value is -2.04. The third kappa shape index (κ3) is 4.98. The Bertz CT molecular complexity index is 601. The molecule has 2 N–H and O–H groups in total. The Morgan fingerprint density at radius 2 is 1.70 bits per heavy atom. The van der Waals surface area contributed by atoms with Crippen LogP contribution in [0, 0.1) is 0 Å². The van der Waals surface area contributed by atoms with Gasteiger partial charge >= 0.3 is 0 Å². The topological polar surface area (TPSA) is 50.7 Å². The summed E-state index contributed by atoms with van der Waals surface area (Å²) < 4.78 is 10.5. The predicted molar refractivity (Wildman–Crippen MR) is 92.1 cm³/mol. The van der Waals surface area contributed by atoms with Crippen LogP contribution >= 0.6 is 0 Å². The molecular weight excluding hydrogens is 290 g/mol. The fraction of sp³-hybridized carbons (Fsp3) is 0.368. The van der Waals surface area contributed by atoms with Crippen LogP contribution in [0.25, 0.3) is 0 Å². The summed E-state index contributed by atoms with van der Waals surface area (Å²) in [6, 6.07) is 16.1. The molecule has 4 heteroatoms. The van der Waals surface area contributed by atoms with Crippen molar-refractivity contribution in [1.82, 2.24) is 5.32 Å². The van der Waals surface area contributed by atoms with E-state index in [-0.39, 0.29) is 6.04 Å². The molecule has 0 fully saturated rings. The standard InChI is InChI=1S/C19H25NO3/c1-14(11-15-7-5-4-6-8-15)20-13-17(21)16-9-10-18(22-2)19(12-16)23-3/h4-10,12,14,17,20-21H,11,13H2,1-3H3/t14-,17+/m1/s1. The number of aliphatic hydroxyl groups is 1. The van der Waals surface area contributed by atoms with Gasteiger partial charge in [0.05, 0.1) is 20.3 Å². The van der Waals surface area contributed by atoms with Gasteiger partial charge in [0.2, 0.25) is 0 Å². The van der Waals surface area contributed by atoms with Gasteiger partial charge in [-0.1, -0.05) is 36.4 Å². The third-order valence-electron chi connectivity index (χ3n) is 3.84. The third-order valence-corrected chi connectivity index (χ3v) is 3.84. The molecule has 23 heavy (non-hydrogen) atoms. The molecule has 0 amide bonds. The summed E-state index contributed by atoms with van der Waals surface area (Å²) in [7, 11) is 3.19. The molecule has 0 saturated carbocycles. The van der Waals surface area contributed by atoms with E-state index in [0.717, 1.165) is 12.0 Å². The predicted octanol–water partition coefficient (Wildman–Crippen LogP) is 2.96. The molecule has 0 heterocycles. The van der Waals surface area contributed by atoms with E-state index < -0.39 is 6.10 Å². The Morgan fingerprint density at radius 3 is 2.35 bits per heavy atom. The zero-order valence-electron chi connectivity index (χ0n) is 14.0. The highest BCUT2D eigenvalue weighted by molar-refractivity contribution is 5.43. The molecule has 0 aliphatic rings. The molecule has 0 aliphatic carbocycles. The first kappa shape index (κ1) is 17.3. The second-order valence-corrected chi connectivity index (χ2v) is 5.63. The molecule has 0 spiro atoms. The molecule has 2 aromatic carbocycles. The number of rotatable bonds is 8. The number of ether oxygens (including phenoxy) is 2.